The fraction of sp³-hybridized carbons (Fsp3) is 0.407. The van der Waals surface area contributed by atoms with E-state index < -0.39 is 17.7 Å². The molecule has 1 heterocycles. The molecule has 7 nitrogen and oxygen atoms in total. The highest BCUT2D eigenvalue weighted by atomic mass is 16.5. The summed E-state index contributed by atoms with van der Waals surface area (Å²) in [5.41, 5.74) is 2.51. The molecule has 1 atom stereocenters. The van der Waals surface area contributed by atoms with Gasteiger partial charge in [0.15, 0.2) is 0 Å². The zero-order chi connectivity index (χ0) is 25.2. The highest BCUT2D eigenvalue weighted by Gasteiger charge is 2.46. The number of amides is 1. The number of ether oxygens (including phenoxy) is 1. The maximum Gasteiger partial charge on any atom is 0.295 e. The smallest absolute Gasteiger partial charge is 0.295 e. The Morgan fingerprint density at radius 2 is 1.71 bits per heavy atom. The Labute approximate surface area is 201 Å². The van der Waals surface area contributed by atoms with E-state index in [0.717, 1.165) is 17.7 Å². The average Bonchev–Trinajstić information content (AvgIpc) is 3.01. The molecule has 1 amide bonds. The lowest BCUT2D eigenvalue weighted by Gasteiger charge is -2.26. The van der Waals surface area contributed by atoms with Gasteiger partial charge < -0.3 is 24.7 Å². The molecule has 34 heavy (non-hydrogen) atoms. The van der Waals surface area contributed by atoms with Gasteiger partial charge in [0, 0.05) is 6.54 Å². The molecule has 7 heteroatoms. The first-order valence-electron chi connectivity index (χ1n) is 11.5. The third-order valence-corrected chi connectivity index (χ3v) is 5.98. The molecule has 1 aliphatic heterocycles. The van der Waals surface area contributed by atoms with Crippen LogP contribution in [0.3, 0.4) is 0 Å². The number of aromatic hydroxyl groups is 1. The molecule has 0 radical (unpaired) electrons. The third kappa shape index (κ3) is 5.25. The van der Waals surface area contributed by atoms with Crippen LogP contribution in [0.5, 0.6) is 11.5 Å². The minimum absolute atomic E-state index is 0.00951. The summed E-state index contributed by atoms with van der Waals surface area (Å²) in [7, 11) is 3.89. The average molecular weight is 467 g/mol. The van der Waals surface area contributed by atoms with E-state index >= 15 is 0 Å². The molecule has 0 aliphatic carbocycles. The highest BCUT2D eigenvalue weighted by molar-refractivity contribution is 6.46. The summed E-state index contributed by atoms with van der Waals surface area (Å²) in [4.78, 5) is 29.7. The van der Waals surface area contributed by atoms with Crippen molar-refractivity contribution in [1.29, 1.82) is 0 Å². The van der Waals surface area contributed by atoms with Crippen LogP contribution >= 0.6 is 0 Å². The molecular weight excluding hydrogens is 432 g/mol. The van der Waals surface area contributed by atoms with Crippen molar-refractivity contribution in [2.24, 2.45) is 0 Å². The van der Waals surface area contributed by atoms with Crippen molar-refractivity contribution in [3.63, 3.8) is 0 Å². The lowest BCUT2D eigenvalue weighted by Crippen LogP contribution is -2.32. The minimum atomic E-state index is -0.767. The molecule has 1 unspecified atom stereocenters. The number of ketones is 1. The first-order valence-corrected chi connectivity index (χ1v) is 11.5. The second-order valence-corrected chi connectivity index (χ2v) is 9.34. The van der Waals surface area contributed by atoms with Gasteiger partial charge in [-0.2, -0.15) is 0 Å². The molecule has 0 bridgehead atoms. The van der Waals surface area contributed by atoms with Gasteiger partial charge >= 0.3 is 0 Å². The fourth-order valence-corrected chi connectivity index (χ4v) is 4.15. The molecule has 2 aromatic carbocycles. The number of likely N-dealkylation sites (tertiary alicyclic amines) is 1. The third-order valence-electron chi connectivity index (χ3n) is 5.98. The number of carbonyl (C=O) groups excluding carboxylic acids is 2. The van der Waals surface area contributed by atoms with Crippen LogP contribution in [0.25, 0.3) is 5.76 Å². The monoisotopic (exact) mass is 466 g/mol. The van der Waals surface area contributed by atoms with E-state index in [4.69, 9.17) is 4.74 Å². The summed E-state index contributed by atoms with van der Waals surface area (Å²) in [6, 6.07) is 9.62. The van der Waals surface area contributed by atoms with E-state index in [2.05, 4.69) is 0 Å². The Balaban J connectivity index is 2.12. The molecular formula is C27H34N2O5. The summed E-state index contributed by atoms with van der Waals surface area (Å²) < 4.78 is 5.73. The molecule has 0 aromatic heterocycles. The van der Waals surface area contributed by atoms with E-state index in [9.17, 15) is 19.8 Å². The van der Waals surface area contributed by atoms with Crippen molar-refractivity contribution in [3.8, 4) is 11.5 Å². The molecule has 2 aromatic rings. The number of hydrogen-bond donors (Lipinski definition) is 2. The Morgan fingerprint density at radius 1 is 1.09 bits per heavy atom. The number of aryl methyl sites for hydroxylation is 2. The largest absolute Gasteiger partial charge is 0.507 e. The van der Waals surface area contributed by atoms with E-state index in [-0.39, 0.29) is 28.7 Å². The molecule has 182 valence electrons. The maximum atomic E-state index is 13.2. The summed E-state index contributed by atoms with van der Waals surface area (Å²) in [5, 5.41) is 21.7. The number of aliphatic hydroxyl groups is 1. The number of aliphatic hydroxyl groups excluding tert-OH is 1. The molecule has 1 fully saturated rings. The number of nitrogens with zero attached hydrogens (tertiary/aromatic N) is 2. The van der Waals surface area contributed by atoms with Gasteiger partial charge in [-0.25, -0.2) is 0 Å². The van der Waals surface area contributed by atoms with E-state index in [1.54, 1.807) is 36.4 Å². The van der Waals surface area contributed by atoms with Crippen molar-refractivity contribution in [2.75, 3.05) is 27.2 Å². The predicted molar refractivity (Wildman–Crippen MR) is 132 cm³/mol. The lowest BCUT2D eigenvalue weighted by atomic mass is 9.93. The van der Waals surface area contributed by atoms with Gasteiger partial charge in [0.2, 0.25) is 0 Å². The Morgan fingerprint density at radius 3 is 2.29 bits per heavy atom. The fourth-order valence-electron chi connectivity index (χ4n) is 4.15. The number of benzene rings is 2. The summed E-state index contributed by atoms with van der Waals surface area (Å²) >= 11 is 0. The van der Waals surface area contributed by atoms with Gasteiger partial charge in [-0.05, 0) is 95.7 Å². The Bertz CT molecular complexity index is 1100. The SMILES string of the molecule is Cc1cc(O)c(C(O)=C2C(=O)C(=O)N(CCCN(C)C)C2c2ccc(OC(C)C)cc2)cc1C. The van der Waals surface area contributed by atoms with Crippen molar-refractivity contribution >= 4 is 17.4 Å². The van der Waals surface area contributed by atoms with Crippen LogP contribution in [0.4, 0.5) is 0 Å². The van der Waals surface area contributed by atoms with Gasteiger partial charge in [0.25, 0.3) is 11.7 Å². The van der Waals surface area contributed by atoms with Crippen molar-refractivity contribution < 1.29 is 24.5 Å². The van der Waals surface area contributed by atoms with E-state index in [0.29, 0.717) is 24.3 Å². The first-order chi connectivity index (χ1) is 16.0. The van der Waals surface area contributed by atoms with Crippen molar-refractivity contribution in [1.82, 2.24) is 9.80 Å². The molecule has 0 saturated carbocycles. The summed E-state index contributed by atoms with van der Waals surface area (Å²) in [6.45, 7) is 8.68. The number of rotatable bonds is 8. The zero-order valence-corrected chi connectivity index (χ0v) is 20.8. The second-order valence-electron chi connectivity index (χ2n) is 9.34. The van der Waals surface area contributed by atoms with E-state index in [1.165, 1.54) is 4.90 Å². The normalized spacial score (nSPS) is 17.8. The van der Waals surface area contributed by atoms with Gasteiger partial charge in [-0.3, -0.25) is 9.59 Å². The molecule has 2 N–H and O–H groups in total. The molecule has 1 saturated heterocycles. The topological polar surface area (TPSA) is 90.3 Å². The molecule has 1 aliphatic rings. The molecule has 3 rings (SSSR count). The number of phenols is 1. The number of Topliss-reactive ketones (excluding diaryl/α,β-unsaturated/α-hetero) is 1. The van der Waals surface area contributed by atoms with E-state index in [1.807, 2.05) is 46.7 Å². The van der Waals surface area contributed by atoms with Crippen molar-refractivity contribution in [2.45, 2.75) is 46.3 Å². The van der Waals surface area contributed by atoms with Crippen LogP contribution in [0.2, 0.25) is 0 Å². The van der Waals surface area contributed by atoms with Gasteiger partial charge in [0.05, 0.1) is 23.3 Å². The standard InChI is InChI=1S/C27H34N2O5/c1-16(2)34-20-10-8-19(9-11-20)24-23(25(31)21-14-17(3)18(4)15-22(21)30)26(32)27(33)29(24)13-7-12-28(5)6/h8-11,14-16,24,30-31H,7,12-13H2,1-6H3. The maximum absolute atomic E-state index is 13.2. The number of carbonyl (C=O) groups is 2. The van der Waals surface area contributed by atoms with Crippen molar-refractivity contribution in [3.05, 3.63) is 64.2 Å². The predicted octanol–water partition coefficient (Wildman–Crippen LogP) is 4.17. The van der Waals surface area contributed by atoms with Crippen LogP contribution < -0.4 is 4.74 Å². The van der Waals surface area contributed by atoms with Crippen LogP contribution in [-0.4, -0.2) is 65.0 Å². The minimum Gasteiger partial charge on any atom is -0.507 e. The lowest BCUT2D eigenvalue weighted by molar-refractivity contribution is -0.139. The Hall–Kier alpha value is -3.32. The number of phenolic OH excluding ortho intramolecular Hbond substituents is 1. The summed E-state index contributed by atoms with van der Waals surface area (Å²) in [6.07, 6.45) is 0.676. The van der Waals surface area contributed by atoms with Gasteiger partial charge in [-0.15, -0.1) is 0 Å². The highest BCUT2D eigenvalue weighted by Crippen LogP contribution is 2.41. The van der Waals surface area contributed by atoms with Gasteiger partial charge in [-0.1, -0.05) is 12.1 Å². The summed E-state index contributed by atoms with van der Waals surface area (Å²) in [5.74, 6) is -1.25. The quantitative estimate of drug-likeness (QED) is 0.345. The zero-order valence-electron chi connectivity index (χ0n) is 20.8. The van der Waals surface area contributed by atoms with Crippen LogP contribution in [-0.2, 0) is 9.59 Å². The Kier molecular flexibility index (Phi) is 7.67. The van der Waals surface area contributed by atoms with Crippen LogP contribution in [0.1, 0.15) is 48.6 Å². The first kappa shape index (κ1) is 25.3. The molecule has 0 spiro atoms. The van der Waals surface area contributed by atoms with Gasteiger partial charge in [0.1, 0.15) is 17.3 Å². The van der Waals surface area contributed by atoms with Crippen LogP contribution in [0.15, 0.2) is 42.0 Å². The number of hydrogen-bond acceptors (Lipinski definition) is 6. The second kappa shape index (κ2) is 10.3. The van der Waals surface area contributed by atoms with Crippen LogP contribution in [0, 0.1) is 13.8 Å².